The highest BCUT2D eigenvalue weighted by Gasteiger charge is 2.24. The maximum atomic E-state index is 13.3. The molecule has 7 heteroatoms. The number of hydrogen-bond donors (Lipinski definition) is 1. The molecule has 1 unspecified atom stereocenters. The third-order valence-corrected chi connectivity index (χ3v) is 3.59. The molecule has 0 spiro atoms. The maximum absolute atomic E-state index is 13.3. The Labute approximate surface area is 112 Å². The molecule has 1 aromatic carbocycles. The molecule has 1 atom stereocenters. The van der Waals surface area contributed by atoms with Crippen LogP contribution in [0.2, 0.25) is 0 Å². The summed E-state index contributed by atoms with van der Waals surface area (Å²) in [5.41, 5.74) is 0.124. The molecular formula is C11H13BrFN3O2. The van der Waals surface area contributed by atoms with Gasteiger partial charge in [-0.1, -0.05) is 0 Å². The Kier molecular flexibility index (Phi) is 3.82. The van der Waals surface area contributed by atoms with Gasteiger partial charge in [0.25, 0.3) is 5.69 Å². The first-order valence-electron chi connectivity index (χ1n) is 5.56. The minimum Gasteiger partial charge on any atom is -0.375 e. The highest BCUT2D eigenvalue weighted by Crippen LogP contribution is 2.31. The van der Waals surface area contributed by atoms with Crippen LogP contribution in [-0.2, 0) is 0 Å². The molecule has 0 amide bonds. The molecular weight excluding hydrogens is 305 g/mol. The predicted molar refractivity (Wildman–Crippen MR) is 70.3 cm³/mol. The molecule has 1 N–H and O–H groups in total. The van der Waals surface area contributed by atoms with Crippen LogP contribution in [0.15, 0.2) is 16.6 Å². The lowest BCUT2D eigenvalue weighted by Gasteiger charge is -2.14. The van der Waals surface area contributed by atoms with E-state index in [1.165, 1.54) is 6.07 Å². The number of nitrogens with one attached hydrogen (secondary N) is 1. The van der Waals surface area contributed by atoms with Crippen LogP contribution in [0.5, 0.6) is 0 Å². The van der Waals surface area contributed by atoms with E-state index in [1.54, 1.807) is 0 Å². The number of rotatable bonds is 3. The number of hydrogen-bond acceptors (Lipinski definition) is 4. The van der Waals surface area contributed by atoms with Crippen molar-refractivity contribution < 1.29 is 9.31 Å². The summed E-state index contributed by atoms with van der Waals surface area (Å²) in [6.07, 6.45) is 0.919. The normalized spacial score (nSPS) is 20.1. The number of nitro benzene ring substituents is 1. The standard InChI is InChI=1S/C11H13BrFN3O2/c1-15-3-2-7(6-15)14-10-4-8(12)9(13)5-11(10)16(17)18/h4-5,7,14H,2-3,6H2,1H3. The van der Waals surface area contributed by atoms with Crippen molar-refractivity contribution >= 4 is 27.3 Å². The lowest BCUT2D eigenvalue weighted by atomic mass is 10.2. The zero-order valence-corrected chi connectivity index (χ0v) is 11.4. The van der Waals surface area contributed by atoms with E-state index in [-0.39, 0.29) is 16.2 Å². The average Bonchev–Trinajstić information content (AvgIpc) is 2.68. The van der Waals surface area contributed by atoms with Crippen molar-refractivity contribution in [2.75, 3.05) is 25.5 Å². The van der Waals surface area contributed by atoms with Crippen LogP contribution in [0.1, 0.15) is 6.42 Å². The van der Waals surface area contributed by atoms with E-state index in [4.69, 9.17) is 0 Å². The fraction of sp³-hybridized carbons (Fsp3) is 0.455. The van der Waals surface area contributed by atoms with E-state index >= 15 is 0 Å². The monoisotopic (exact) mass is 317 g/mol. The first-order valence-corrected chi connectivity index (χ1v) is 6.35. The summed E-state index contributed by atoms with van der Waals surface area (Å²) in [7, 11) is 2.00. The van der Waals surface area contributed by atoms with Gasteiger partial charge >= 0.3 is 0 Å². The fourth-order valence-corrected chi connectivity index (χ4v) is 2.42. The predicted octanol–water partition coefficient (Wildman–Crippen LogP) is 2.61. The highest BCUT2D eigenvalue weighted by atomic mass is 79.9. The Morgan fingerprint density at radius 2 is 2.33 bits per heavy atom. The Hall–Kier alpha value is -1.21. The molecule has 1 saturated heterocycles. The molecule has 1 heterocycles. The molecule has 18 heavy (non-hydrogen) atoms. The van der Waals surface area contributed by atoms with E-state index < -0.39 is 10.7 Å². The number of likely N-dealkylation sites (N-methyl/N-ethyl adjacent to an activating group) is 1. The van der Waals surface area contributed by atoms with E-state index in [0.29, 0.717) is 5.69 Å². The second-order valence-electron chi connectivity index (χ2n) is 4.43. The van der Waals surface area contributed by atoms with Crippen molar-refractivity contribution in [3.63, 3.8) is 0 Å². The van der Waals surface area contributed by atoms with E-state index in [9.17, 15) is 14.5 Å². The molecule has 98 valence electrons. The molecule has 1 aliphatic rings. The molecule has 1 fully saturated rings. The zero-order valence-electron chi connectivity index (χ0n) is 9.82. The van der Waals surface area contributed by atoms with Gasteiger partial charge in [0.05, 0.1) is 15.5 Å². The second kappa shape index (κ2) is 5.19. The third-order valence-electron chi connectivity index (χ3n) is 2.99. The number of benzene rings is 1. The van der Waals surface area contributed by atoms with Gasteiger partial charge < -0.3 is 10.2 Å². The van der Waals surface area contributed by atoms with Crippen molar-refractivity contribution in [1.29, 1.82) is 0 Å². The maximum Gasteiger partial charge on any atom is 0.295 e. The third kappa shape index (κ3) is 2.78. The van der Waals surface area contributed by atoms with Crippen LogP contribution in [0.4, 0.5) is 15.8 Å². The van der Waals surface area contributed by atoms with E-state index in [2.05, 4.69) is 26.1 Å². The molecule has 0 bridgehead atoms. The summed E-state index contributed by atoms with van der Waals surface area (Å²) in [6.45, 7) is 1.78. The van der Waals surface area contributed by atoms with E-state index in [0.717, 1.165) is 25.6 Å². The topological polar surface area (TPSA) is 58.4 Å². The average molecular weight is 318 g/mol. The van der Waals surface area contributed by atoms with Gasteiger partial charge in [0.2, 0.25) is 0 Å². The molecule has 0 aliphatic carbocycles. The number of likely N-dealkylation sites (tertiary alicyclic amines) is 1. The van der Waals surface area contributed by atoms with Crippen molar-refractivity contribution in [3.8, 4) is 0 Å². The summed E-state index contributed by atoms with van der Waals surface area (Å²) in [5.74, 6) is -0.629. The lowest BCUT2D eigenvalue weighted by molar-refractivity contribution is -0.384. The van der Waals surface area contributed by atoms with Gasteiger partial charge in [-0.3, -0.25) is 10.1 Å². The van der Waals surface area contributed by atoms with Crippen molar-refractivity contribution in [2.24, 2.45) is 0 Å². The van der Waals surface area contributed by atoms with Crippen LogP contribution in [-0.4, -0.2) is 36.0 Å². The van der Waals surface area contributed by atoms with Gasteiger partial charge in [-0.25, -0.2) is 4.39 Å². The Balaban J connectivity index is 2.25. The van der Waals surface area contributed by atoms with E-state index in [1.807, 2.05) is 7.05 Å². The molecule has 0 saturated carbocycles. The second-order valence-corrected chi connectivity index (χ2v) is 5.29. The molecule has 0 aromatic heterocycles. The molecule has 1 aromatic rings. The summed E-state index contributed by atoms with van der Waals surface area (Å²) in [4.78, 5) is 12.5. The number of anilines is 1. The zero-order chi connectivity index (χ0) is 13.3. The van der Waals surface area contributed by atoms with Crippen molar-refractivity contribution in [2.45, 2.75) is 12.5 Å². The van der Waals surface area contributed by atoms with Crippen molar-refractivity contribution in [3.05, 3.63) is 32.5 Å². The Morgan fingerprint density at radius 3 is 2.89 bits per heavy atom. The fourth-order valence-electron chi connectivity index (χ4n) is 2.08. The van der Waals surface area contributed by atoms with Crippen LogP contribution >= 0.6 is 15.9 Å². The van der Waals surface area contributed by atoms with Gasteiger partial charge in [-0.2, -0.15) is 0 Å². The first-order chi connectivity index (χ1) is 8.47. The largest absolute Gasteiger partial charge is 0.375 e. The van der Waals surface area contributed by atoms with Gasteiger partial charge in [0.1, 0.15) is 11.5 Å². The van der Waals surface area contributed by atoms with Gasteiger partial charge in [-0.15, -0.1) is 0 Å². The minimum atomic E-state index is -0.629. The highest BCUT2D eigenvalue weighted by molar-refractivity contribution is 9.10. The number of nitro groups is 1. The number of nitrogens with zero attached hydrogens (tertiary/aromatic N) is 2. The van der Waals surface area contributed by atoms with Crippen LogP contribution in [0.25, 0.3) is 0 Å². The summed E-state index contributed by atoms with van der Waals surface area (Å²) >= 11 is 3.04. The first kappa shape index (κ1) is 13.2. The molecule has 0 radical (unpaired) electrons. The Bertz CT molecular complexity index is 484. The van der Waals surface area contributed by atoms with Crippen molar-refractivity contribution in [1.82, 2.24) is 4.90 Å². The van der Waals surface area contributed by atoms with Gasteiger partial charge in [0.15, 0.2) is 0 Å². The lowest BCUT2D eigenvalue weighted by Crippen LogP contribution is -2.24. The van der Waals surface area contributed by atoms with Gasteiger partial charge in [0, 0.05) is 12.6 Å². The minimum absolute atomic E-state index is 0.158. The summed E-state index contributed by atoms with van der Waals surface area (Å²) in [5, 5.41) is 14.0. The molecule has 2 rings (SSSR count). The molecule has 5 nitrogen and oxygen atoms in total. The Morgan fingerprint density at radius 1 is 1.61 bits per heavy atom. The number of halogens is 2. The van der Waals surface area contributed by atoms with Gasteiger partial charge in [-0.05, 0) is 42.0 Å². The summed E-state index contributed by atoms with van der Waals surface area (Å²) < 4.78 is 13.5. The molecule has 1 aliphatic heterocycles. The van der Waals surface area contributed by atoms with Crippen LogP contribution in [0, 0.1) is 15.9 Å². The van der Waals surface area contributed by atoms with Crippen LogP contribution in [0.3, 0.4) is 0 Å². The smallest absolute Gasteiger partial charge is 0.295 e. The quantitative estimate of drug-likeness (QED) is 0.687. The summed E-state index contributed by atoms with van der Waals surface area (Å²) in [6, 6.07) is 2.52. The van der Waals surface area contributed by atoms with Crippen LogP contribution < -0.4 is 5.32 Å². The SMILES string of the molecule is CN1CCC(Nc2cc(Br)c(F)cc2[N+](=O)[O-])C1.